The second-order valence-electron chi connectivity index (χ2n) is 6.66. The molecule has 0 atom stereocenters. The van der Waals surface area contributed by atoms with Crippen LogP contribution in [0.2, 0.25) is 0 Å². The van der Waals surface area contributed by atoms with Crippen molar-refractivity contribution in [3.8, 4) is 0 Å². The van der Waals surface area contributed by atoms with Crippen molar-refractivity contribution in [2.45, 2.75) is 26.4 Å². The molecule has 0 bridgehead atoms. The van der Waals surface area contributed by atoms with Crippen molar-refractivity contribution < 1.29 is 4.79 Å². The second kappa shape index (κ2) is 9.77. The number of rotatable bonds is 8. The van der Waals surface area contributed by atoms with Gasteiger partial charge in [-0.1, -0.05) is 31.2 Å². The normalized spacial score (nSPS) is 15.9. The fraction of sp³-hybridized carbons (Fsp3) is 0.632. The summed E-state index contributed by atoms with van der Waals surface area (Å²) in [7, 11) is 4.03. The molecule has 1 aliphatic heterocycles. The standard InChI is InChI=1S/C19H32N4O/c1-4-21(3)15-17-5-7-18(8-6-17)16-22-11-13-23(14-12-22)19(24)9-10-20-2/h5-8,20H,4,9-16H2,1-3H3. The van der Waals surface area contributed by atoms with E-state index in [0.717, 1.165) is 52.4 Å². The van der Waals surface area contributed by atoms with Crippen LogP contribution in [0.4, 0.5) is 0 Å². The Morgan fingerprint density at radius 3 is 2.33 bits per heavy atom. The highest BCUT2D eigenvalue weighted by Gasteiger charge is 2.20. The van der Waals surface area contributed by atoms with Crippen molar-refractivity contribution in [2.24, 2.45) is 0 Å². The number of nitrogens with one attached hydrogen (secondary N) is 1. The zero-order valence-corrected chi connectivity index (χ0v) is 15.4. The molecule has 1 saturated heterocycles. The average molecular weight is 332 g/mol. The van der Waals surface area contributed by atoms with Gasteiger partial charge in [-0.2, -0.15) is 0 Å². The van der Waals surface area contributed by atoms with E-state index < -0.39 is 0 Å². The van der Waals surface area contributed by atoms with Gasteiger partial charge in [-0.05, 0) is 31.8 Å². The van der Waals surface area contributed by atoms with Gasteiger partial charge in [-0.15, -0.1) is 0 Å². The van der Waals surface area contributed by atoms with Gasteiger partial charge in [0.15, 0.2) is 0 Å². The number of piperazine rings is 1. The summed E-state index contributed by atoms with van der Waals surface area (Å²) in [6.45, 7) is 9.61. The maximum absolute atomic E-state index is 12.0. The minimum absolute atomic E-state index is 0.272. The second-order valence-corrected chi connectivity index (χ2v) is 6.66. The van der Waals surface area contributed by atoms with E-state index in [2.05, 4.69) is 53.4 Å². The molecule has 1 fully saturated rings. The van der Waals surface area contributed by atoms with E-state index >= 15 is 0 Å². The van der Waals surface area contributed by atoms with Gasteiger partial charge in [-0.25, -0.2) is 0 Å². The van der Waals surface area contributed by atoms with E-state index in [4.69, 9.17) is 0 Å². The molecule has 1 aromatic rings. The van der Waals surface area contributed by atoms with Gasteiger partial charge in [0.2, 0.25) is 5.91 Å². The molecule has 0 aromatic heterocycles. The summed E-state index contributed by atoms with van der Waals surface area (Å²) < 4.78 is 0. The Hall–Kier alpha value is -1.43. The molecule has 1 N–H and O–H groups in total. The van der Waals surface area contributed by atoms with Crippen molar-refractivity contribution in [1.29, 1.82) is 0 Å². The molecule has 0 radical (unpaired) electrons. The quantitative estimate of drug-likeness (QED) is 0.781. The smallest absolute Gasteiger partial charge is 0.223 e. The van der Waals surface area contributed by atoms with Crippen LogP contribution >= 0.6 is 0 Å². The van der Waals surface area contributed by atoms with Crippen LogP contribution in [0.25, 0.3) is 0 Å². The number of carbonyl (C=O) groups excluding carboxylic acids is 1. The van der Waals surface area contributed by atoms with Crippen molar-refractivity contribution in [2.75, 3.05) is 53.4 Å². The van der Waals surface area contributed by atoms with Crippen molar-refractivity contribution in [3.63, 3.8) is 0 Å². The molecule has 1 heterocycles. The van der Waals surface area contributed by atoms with E-state index in [1.807, 2.05) is 11.9 Å². The molecule has 5 heteroatoms. The summed E-state index contributed by atoms with van der Waals surface area (Å²) in [5.41, 5.74) is 2.72. The predicted molar refractivity (Wildman–Crippen MR) is 98.9 cm³/mol. The molecule has 0 aliphatic carbocycles. The summed E-state index contributed by atoms with van der Waals surface area (Å²) in [4.78, 5) is 18.8. The SMILES string of the molecule is CCN(C)Cc1ccc(CN2CCN(C(=O)CCNC)CC2)cc1. The lowest BCUT2D eigenvalue weighted by Crippen LogP contribution is -2.48. The maximum Gasteiger partial charge on any atom is 0.223 e. The molecule has 1 amide bonds. The highest BCUT2D eigenvalue weighted by Crippen LogP contribution is 2.12. The molecule has 1 aromatic carbocycles. The topological polar surface area (TPSA) is 38.8 Å². The molecule has 0 unspecified atom stereocenters. The zero-order valence-electron chi connectivity index (χ0n) is 15.4. The van der Waals surface area contributed by atoms with Gasteiger partial charge >= 0.3 is 0 Å². The van der Waals surface area contributed by atoms with Gasteiger partial charge in [0.25, 0.3) is 0 Å². The third kappa shape index (κ3) is 5.89. The van der Waals surface area contributed by atoms with Crippen LogP contribution in [-0.4, -0.2) is 74.0 Å². The van der Waals surface area contributed by atoms with Gasteiger partial charge in [-0.3, -0.25) is 9.69 Å². The Bertz CT molecular complexity index is 495. The first-order valence-corrected chi connectivity index (χ1v) is 9.03. The van der Waals surface area contributed by atoms with Gasteiger partial charge in [0, 0.05) is 52.2 Å². The molecule has 24 heavy (non-hydrogen) atoms. The van der Waals surface area contributed by atoms with E-state index in [1.165, 1.54) is 11.1 Å². The third-order valence-electron chi connectivity index (χ3n) is 4.74. The first kappa shape index (κ1) is 18.9. The summed E-state index contributed by atoms with van der Waals surface area (Å²) in [6.07, 6.45) is 0.601. The Morgan fingerprint density at radius 2 is 1.75 bits per heavy atom. The number of carbonyl (C=O) groups is 1. The summed E-state index contributed by atoms with van der Waals surface area (Å²) in [5, 5.41) is 3.04. The Balaban J connectivity index is 1.76. The van der Waals surface area contributed by atoms with Crippen molar-refractivity contribution >= 4 is 5.91 Å². The maximum atomic E-state index is 12.0. The monoisotopic (exact) mass is 332 g/mol. The fourth-order valence-corrected chi connectivity index (χ4v) is 2.98. The lowest BCUT2D eigenvalue weighted by molar-refractivity contribution is -0.132. The average Bonchev–Trinajstić information content (AvgIpc) is 2.61. The molecular weight excluding hydrogens is 300 g/mol. The highest BCUT2D eigenvalue weighted by molar-refractivity contribution is 5.76. The number of benzene rings is 1. The number of hydrogen-bond acceptors (Lipinski definition) is 4. The van der Waals surface area contributed by atoms with Gasteiger partial charge in [0.1, 0.15) is 0 Å². The first-order valence-electron chi connectivity index (χ1n) is 9.03. The minimum Gasteiger partial charge on any atom is -0.340 e. The van der Waals surface area contributed by atoms with Crippen LogP contribution in [0.15, 0.2) is 24.3 Å². The molecular formula is C19H32N4O. The Morgan fingerprint density at radius 1 is 1.12 bits per heavy atom. The first-order chi connectivity index (χ1) is 11.6. The van der Waals surface area contributed by atoms with Gasteiger partial charge in [0.05, 0.1) is 0 Å². The zero-order chi connectivity index (χ0) is 17.4. The van der Waals surface area contributed by atoms with E-state index in [9.17, 15) is 4.79 Å². The van der Waals surface area contributed by atoms with Crippen LogP contribution in [0.1, 0.15) is 24.5 Å². The molecule has 134 valence electrons. The van der Waals surface area contributed by atoms with Crippen LogP contribution in [0.5, 0.6) is 0 Å². The van der Waals surface area contributed by atoms with Gasteiger partial charge < -0.3 is 15.1 Å². The van der Waals surface area contributed by atoms with Crippen LogP contribution in [0.3, 0.4) is 0 Å². The number of amides is 1. The summed E-state index contributed by atoms with van der Waals surface area (Å²) in [6, 6.07) is 8.95. The molecule has 5 nitrogen and oxygen atoms in total. The number of nitrogens with zero attached hydrogens (tertiary/aromatic N) is 3. The number of hydrogen-bond donors (Lipinski definition) is 1. The molecule has 1 aliphatic rings. The van der Waals surface area contributed by atoms with Crippen molar-refractivity contribution in [3.05, 3.63) is 35.4 Å². The Kier molecular flexibility index (Phi) is 7.69. The Labute approximate surface area is 146 Å². The van der Waals surface area contributed by atoms with Crippen LogP contribution in [0, 0.1) is 0 Å². The van der Waals surface area contributed by atoms with E-state index in [0.29, 0.717) is 6.42 Å². The van der Waals surface area contributed by atoms with Crippen LogP contribution in [-0.2, 0) is 17.9 Å². The van der Waals surface area contributed by atoms with Crippen LogP contribution < -0.4 is 5.32 Å². The van der Waals surface area contributed by atoms with E-state index in [1.54, 1.807) is 0 Å². The summed E-state index contributed by atoms with van der Waals surface area (Å²) in [5.74, 6) is 0.272. The molecule has 0 spiro atoms. The minimum atomic E-state index is 0.272. The largest absolute Gasteiger partial charge is 0.340 e. The summed E-state index contributed by atoms with van der Waals surface area (Å²) >= 11 is 0. The van der Waals surface area contributed by atoms with E-state index in [-0.39, 0.29) is 5.91 Å². The lowest BCUT2D eigenvalue weighted by atomic mass is 10.1. The molecule has 0 saturated carbocycles. The predicted octanol–water partition coefficient (Wildman–Crippen LogP) is 1.39. The van der Waals surface area contributed by atoms with Crippen molar-refractivity contribution in [1.82, 2.24) is 20.0 Å². The fourth-order valence-electron chi connectivity index (χ4n) is 2.98. The molecule has 2 rings (SSSR count). The highest BCUT2D eigenvalue weighted by atomic mass is 16.2. The third-order valence-corrected chi connectivity index (χ3v) is 4.74. The lowest BCUT2D eigenvalue weighted by Gasteiger charge is -2.34.